The summed E-state index contributed by atoms with van der Waals surface area (Å²) in [5, 5.41) is 3.75. The van der Waals surface area contributed by atoms with Gasteiger partial charge in [0.2, 0.25) is 11.7 Å². The molecule has 0 amide bonds. The van der Waals surface area contributed by atoms with Gasteiger partial charge in [-0.25, -0.2) is 9.78 Å². The molecule has 0 radical (unpaired) electrons. The molecule has 0 fully saturated rings. The van der Waals surface area contributed by atoms with Gasteiger partial charge < -0.3 is 19.5 Å². The Morgan fingerprint density at radius 3 is 2.48 bits per heavy atom. The number of esters is 1. The minimum Gasteiger partial charge on any atom is -0.493 e. The molecule has 8 nitrogen and oxygen atoms in total. The summed E-state index contributed by atoms with van der Waals surface area (Å²) in [6.45, 7) is 4.13. The van der Waals surface area contributed by atoms with E-state index in [1.165, 1.54) is 18.7 Å². The monoisotopic (exact) mass is 471 g/mol. The highest BCUT2D eigenvalue weighted by Crippen LogP contribution is 2.37. The van der Waals surface area contributed by atoms with Crippen LogP contribution in [0.5, 0.6) is 11.5 Å². The van der Waals surface area contributed by atoms with Crippen molar-refractivity contribution in [3.8, 4) is 11.5 Å². The quantitative estimate of drug-likeness (QED) is 0.467. The van der Waals surface area contributed by atoms with Gasteiger partial charge in [-0.2, -0.15) is 0 Å². The number of rotatable bonds is 9. The molecule has 1 atom stereocenters. The lowest BCUT2D eigenvalue weighted by atomic mass is 9.97. The Labute approximate surface area is 197 Å². The summed E-state index contributed by atoms with van der Waals surface area (Å²) in [4.78, 5) is 29.8. The molecule has 0 aliphatic carbocycles. The number of carbonyl (C=O) groups excluding carboxylic acids is 1. The second kappa shape index (κ2) is 10.9. The summed E-state index contributed by atoms with van der Waals surface area (Å²) in [5.41, 5.74) is 0.791. The van der Waals surface area contributed by atoms with Gasteiger partial charge in [-0.15, -0.1) is 0 Å². The Kier molecular flexibility index (Phi) is 7.95. The van der Waals surface area contributed by atoms with E-state index in [9.17, 15) is 9.59 Å². The van der Waals surface area contributed by atoms with Crippen LogP contribution in [0.4, 0.5) is 5.95 Å². The van der Waals surface area contributed by atoms with E-state index in [4.69, 9.17) is 25.8 Å². The number of nitrogens with one attached hydrogen (secondary N) is 1. The van der Waals surface area contributed by atoms with Crippen molar-refractivity contribution < 1.29 is 19.0 Å². The number of methoxy groups -OCH3 is 1. The molecule has 1 heterocycles. The summed E-state index contributed by atoms with van der Waals surface area (Å²) >= 11 is 6.61. The molecule has 0 saturated heterocycles. The first-order valence-corrected chi connectivity index (χ1v) is 10.8. The van der Waals surface area contributed by atoms with Crippen molar-refractivity contribution in [1.29, 1.82) is 0 Å². The van der Waals surface area contributed by atoms with Gasteiger partial charge in [0.1, 0.15) is 5.75 Å². The van der Waals surface area contributed by atoms with E-state index in [1.807, 2.05) is 43.3 Å². The van der Waals surface area contributed by atoms with E-state index in [0.29, 0.717) is 22.9 Å². The SMILES string of the molecule is CCOC(=O)c1nc(NC(c2ccccc2)c2c(Cl)cccc2OCC)n(C)c(=O)c1OC. The fourth-order valence-corrected chi connectivity index (χ4v) is 3.68. The van der Waals surface area contributed by atoms with Crippen molar-refractivity contribution in [1.82, 2.24) is 9.55 Å². The highest BCUT2D eigenvalue weighted by molar-refractivity contribution is 6.31. The van der Waals surface area contributed by atoms with E-state index in [0.717, 1.165) is 5.56 Å². The van der Waals surface area contributed by atoms with Crippen LogP contribution in [0.2, 0.25) is 5.02 Å². The molecule has 0 saturated carbocycles. The predicted molar refractivity (Wildman–Crippen MR) is 127 cm³/mol. The number of nitrogens with zero attached hydrogens (tertiary/aromatic N) is 2. The summed E-state index contributed by atoms with van der Waals surface area (Å²) in [5.74, 6) is -0.208. The second-order valence-corrected chi connectivity index (χ2v) is 7.38. The van der Waals surface area contributed by atoms with Crippen molar-refractivity contribution in [2.45, 2.75) is 19.9 Å². The third-order valence-electron chi connectivity index (χ3n) is 4.93. The zero-order valence-corrected chi connectivity index (χ0v) is 19.7. The number of ether oxygens (including phenoxy) is 3. The van der Waals surface area contributed by atoms with Gasteiger partial charge in [0, 0.05) is 17.6 Å². The molecule has 33 heavy (non-hydrogen) atoms. The third-order valence-corrected chi connectivity index (χ3v) is 5.26. The lowest BCUT2D eigenvalue weighted by Crippen LogP contribution is -2.29. The Bertz CT molecular complexity index is 1180. The second-order valence-electron chi connectivity index (χ2n) is 6.97. The molecular formula is C24H26ClN3O5. The molecule has 0 aliphatic rings. The molecule has 1 N–H and O–H groups in total. The van der Waals surface area contributed by atoms with Crippen molar-refractivity contribution in [2.24, 2.45) is 7.05 Å². The summed E-state index contributed by atoms with van der Waals surface area (Å²) < 4.78 is 17.3. The molecular weight excluding hydrogens is 446 g/mol. The van der Waals surface area contributed by atoms with Gasteiger partial charge >= 0.3 is 5.97 Å². The minimum atomic E-state index is -0.751. The first-order valence-electron chi connectivity index (χ1n) is 10.5. The molecule has 9 heteroatoms. The van der Waals surface area contributed by atoms with Crippen LogP contribution in [0.1, 0.15) is 41.5 Å². The number of hydrogen-bond donors (Lipinski definition) is 1. The first-order chi connectivity index (χ1) is 15.9. The molecule has 1 unspecified atom stereocenters. The Balaban J connectivity index is 2.20. The van der Waals surface area contributed by atoms with Crippen molar-refractivity contribution in [3.63, 3.8) is 0 Å². The number of halogens is 1. The summed E-state index contributed by atoms with van der Waals surface area (Å²) in [6.07, 6.45) is 0. The van der Waals surface area contributed by atoms with Gasteiger partial charge in [-0.1, -0.05) is 48.0 Å². The van der Waals surface area contributed by atoms with E-state index in [-0.39, 0.29) is 24.0 Å². The third kappa shape index (κ3) is 5.12. The van der Waals surface area contributed by atoms with Crippen LogP contribution < -0.4 is 20.3 Å². The van der Waals surface area contributed by atoms with E-state index < -0.39 is 17.6 Å². The molecule has 0 spiro atoms. The zero-order chi connectivity index (χ0) is 24.0. The average molecular weight is 472 g/mol. The smallest absolute Gasteiger partial charge is 0.361 e. The van der Waals surface area contributed by atoms with Gasteiger partial charge in [0.15, 0.2) is 5.69 Å². The van der Waals surface area contributed by atoms with Crippen LogP contribution in [0.25, 0.3) is 0 Å². The van der Waals surface area contributed by atoms with E-state index >= 15 is 0 Å². The number of anilines is 1. The molecule has 1 aromatic heterocycles. The number of carbonyl (C=O) groups is 1. The topological polar surface area (TPSA) is 91.7 Å². The molecule has 3 aromatic rings. The van der Waals surface area contributed by atoms with Crippen LogP contribution in [0.15, 0.2) is 53.3 Å². The molecule has 174 valence electrons. The van der Waals surface area contributed by atoms with Crippen LogP contribution in [-0.2, 0) is 11.8 Å². The largest absolute Gasteiger partial charge is 0.493 e. The Morgan fingerprint density at radius 2 is 1.85 bits per heavy atom. The van der Waals surface area contributed by atoms with Crippen molar-refractivity contribution >= 4 is 23.5 Å². The number of hydrogen-bond acceptors (Lipinski definition) is 7. The first kappa shape index (κ1) is 24.1. The van der Waals surface area contributed by atoms with Crippen LogP contribution in [0, 0.1) is 0 Å². The zero-order valence-electron chi connectivity index (χ0n) is 18.9. The van der Waals surface area contributed by atoms with Crippen LogP contribution in [-0.4, -0.2) is 35.8 Å². The van der Waals surface area contributed by atoms with Gasteiger partial charge in [0.25, 0.3) is 5.56 Å². The maximum Gasteiger partial charge on any atom is 0.361 e. The predicted octanol–water partition coefficient (Wildman–Crippen LogP) is 4.22. The standard InChI is InChI=1S/C24H26ClN3O5/c1-5-32-17-14-10-13-16(25)18(17)19(15-11-8-7-9-12-15)26-24-27-20(23(30)33-6-2)21(31-4)22(29)28(24)3/h7-14,19H,5-6H2,1-4H3,(H,26,27). The van der Waals surface area contributed by atoms with Crippen molar-refractivity contribution in [3.05, 3.63) is 80.7 Å². The fraction of sp³-hybridized carbons (Fsp3) is 0.292. The number of benzene rings is 2. The van der Waals surface area contributed by atoms with Crippen LogP contribution in [0.3, 0.4) is 0 Å². The maximum absolute atomic E-state index is 12.9. The van der Waals surface area contributed by atoms with E-state index in [1.54, 1.807) is 19.1 Å². The van der Waals surface area contributed by atoms with Crippen LogP contribution >= 0.6 is 11.6 Å². The highest BCUT2D eigenvalue weighted by atomic mass is 35.5. The molecule has 2 aromatic carbocycles. The van der Waals surface area contributed by atoms with Gasteiger partial charge in [0.05, 0.1) is 26.4 Å². The summed E-state index contributed by atoms with van der Waals surface area (Å²) in [7, 11) is 2.84. The molecule has 3 rings (SSSR count). The number of aromatic nitrogens is 2. The lowest BCUT2D eigenvalue weighted by molar-refractivity contribution is 0.0514. The average Bonchev–Trinajstić information content (AvgIpc) is 2.81. The van der Waals surface area contributed by atoms with Gasteiger partial charge in [-0.05, 0) is 31.5 Å². The normalized spacial score (nSPS) is 11.5. The molecule has 0 bridgehead atoms. The highest BCUT2D eigenvalue weighted by Gasteiger charge is 2.27. The maximum atomic E-state index is 12.9. The fourth-order valence-electron chi connectivity index (χ4n) is 3.41. The van der Waals surface area contributed by atoms with Crippen molar-refractivity contribution in [2.75, 3.05) is 25.6 Å². The minimum absolute atomic E-state index is 0.131. The Morgan fingerprint density at radius 1 is 1.12 bits per heavy atom. The van der Waals surface area contributed by atoms with Gasteiger partial charge in [-0.3, -0.25) is 9.36 Å². The molecule has 0 aliphatic heterocycles. The lowest BCUT2D eigenvalue weighted by Gasteiger charge is -2.25. The Hall–Kier alpha value is -3.52. The van der Waals surface area contributed by atoms with E-state index in [2.05, 4.69) is 10.3 Å². The summed E-state index contributed by atoms with van der Waals surface area (Å²) in [6, 6.07) is 14.4.